The van der Waals surface area contributed by atoms with Gasteiger partial charge in [0.25, 0.3) is 0 Å². The predicted octanol–water partition coefficient (Wildman–Crippen LogP) is 4.85. The van der Waals surface area contributed by atoms with E-state index in [1.807, 2.05) is 26.0 Å². The molecule has 0 aliphatic rings. The summed E-state index contributed by atoms with van der Waals surface area (Å²) in [6.45, 7) is 5.22. The molecule has 1 aromatic carbocycles. The number of carbonyl (C=O) groups is 2. The Morgan fingerprint density at radius 2 is 1.90 bits per heavy atom. The number of hydrogen-bond donors (Lipinski definition) is 2. The average molecular weight is 472 g/mol. The zero-order valence-corrected chi connectivity index (χ0v) is 18.1. The van der Waals surface area contributed by atoms with Gasteiger partial charge in [-0.1, -0.05) is 41.1 Å². The Labute approximate surface area is 184 Å². The van der Waals surface area contributed by atoms with Crippen LogP contribution in [-0.4, -0.2) is 31.8 Å². The van der Waals surface area contributed by atoms with Crippen molar-refractivity contribution in [3.05, 3.63) is 52.2 Å². The number of amides is 3. The van der Waals surface area contributed by atoms with E-state index in [4.69, 9.17) is 11.6 Å². The third-order valence-corrected chi connectivity index (χ3v) is 5.61. The number of hydrogen-bond acceptors (Lipinski definition) is 5. The molecule has 0 aliphatic heterocycles. The molecular formula is C19H17ClF3N5O2S. The zero-order valence-electron chi connectivity index (χ0n) is 16.5. The lowest BCUT2D eigenvalue weighted by Crippen LogP contribution is -2.39. The van der Waals surface area contributed by atoms with Crippen molar-refractivity contribution in [2.24, 2.45) is 0 Å². The molecule has 3 aromatic rings. The fourth-order valence-electron chi connectivity index (χ4n) is 2.70. The van der Waals surface area contributed by atoms with Crippen LogP contribution in [-0.2, 0) is 11.0 Å². The number of halogens is 4. The molecule has 3 amide bonds. The monoisotopic (exact) mass is 471 g/mol. The highest BCUT2D eigenvalue weighted by atomic mass is 35.5. The Morgan fingerprint density at radius 1 is 1.19 bits per heavy atom. The van der Waals surface area contributed by atoms with Gasteiger partial charge < -0.3 is 5.32 Å². The number of carbonyl (C=O) groups excluding carboxylic acids is 2. The number of rotatable bonds is 4. The number of aryl methyl sites for hydroxylation is 2. The summed E-state index contributed by atoms with van der Waals surface area (Å²) in [5.41, 5.74) is 1.46. The minimum atomic E-state index is -4.61. The van der Waals surface area contributed by atoms with Crippen LogP contribution >= 0.6 is 23.4 Å². The summed E-state index contributed by atoms with van der Waals surface area (Å²) in [5, 5.41) is 11.3. The van der Waals surface area contributed by atoms with Crippen LogP contribution in [0.25, 0.3) is 5.65 Å². The molecule has 0 bridgehead atoms. The van der Waals surface area contributed by atoms with Crippen molar-refractivity contribution in [1.82, 2.24) is 19.9 Å². The molecule has 1 atom stereocenters. The first-order valence-electron chi connectivity index (χ1n) is 8.93. The molecule has 2 heterocycles. The van der Waals surface area contributed by atoms with Gasteiger partial charge in [-0.25, -0.2) is 4.79 Å². The maximum absolute atomic E-state index is 13.1. The summed E-state index contributed by atoms with van der Waals surface area (Å²) in [4.78, 5) is 24.5. The van der Waals surface area contributed by atoms with Crippen molar-refractivity contribution in [3.8, 4) is 0 Å². The molecule has 31 heavy (non-hydrogen) atoms. The Hall–Kier alpha value is -2.79. The highest BCUT2D eigenvalue weighted by molar-refractivity contribution is 8.00. The number of anilines is 1. The second-order valence-electron chi connectivity index (χ2n) is 6.77. The third kappa shape index (κ3) is 5.28. The number of aromatic nitrogens is 3. The Bertz CT molecular complexity index is 1170. The van der Waals surface area contributed by atoms with Gasteiger partial charge in [-0.15, -0.1) is 10.2 Å². The summed E-state index contributed by atoms with van der Waals surface area (Å²) in [7, 11) is 0. The quantitative estimate of drug-likeness (QED) is 0.531. The van der Waals surface area contributed by atoms with Crippen LogP contribution in [0.1, 0.15) is 23.6 Å². The number of alkyl halides is 3. The molecule has 12 heteroatoms. The zero-order chi connectivity index (χ0) is 22.9. The maximum Gasteiger partial charge on any atom is 0.417 e. The van der Waals surface area contributed by atoms with Gasteiger partial charge in [0.1, 0.15) is 0 Å². The second kappa shape index (κ2) is 8.75. The minimum absolute atomic E-state index is 0.0253. The number of imide groups is 1. The van der Waals surface area contributed by atoms with Gasteiger partial charge in [0.05, 0.1) is 15.8 Å². The Balaban J connectivity index is 1.71. The standard InChI is InChI=1S/C19H17ClF3N5O2S/c1-9-4-5-14(10(2)6-9)24-17(30)25-16(29)11(3)31-18-27-26-15-13(20)7-12(8-28(15)18)19(21,22)23/h4-8,11H,1-3H3,(H2,24,25,29,30). The molecule has 2 N–H and O–H groups in total. The number of urea groups is 1. The SMILES string of the molecule is Cc1ccc(NC(=O)NC(=O)C(C)Sc2nnc3c(Cl)cc(C(F)(F)F)cn23)c(C)c1. The van der Waals surface area contributed by atoms with Crippen LogP contribution < -0.4 is 10.6 Å². The molecular weight excluding hydrogens is 455 g/mol. The van der Waals surface area contributed by atoms with Crippen LogP contribution in [0.4, 0.5) is 23.7 Å². The number of thioether (sulfide) groups is 1. The first-order chi connectivity index (χ1) is 14.5. The van der Waals surface area contributed by atoms with E-state index < -0.39 is 28.9 Å². The Kier molecular flexibility index (Phi) is 6.46. The number of nitrogens with one attached hydrogen (secondary N) is 2. The largest absolute Gasteiger partial charge is 0.417 e. The highest BCUT2D eigenvalue weighted by Crippen LogP contribution is 2.33. The van der Waals surface area contributed by atoms with E-state index in [1.54, 1.807) is 6.07 Å². The minimum Gasteiger partial charge on any atom is -0.307 e. The van der Waals surface area contributed by atoms with Crippen molar-refractivity contribution in [3.63, 3.8) is 0 Å². The molecule has 0 saturated heterocycles. The fourth-order valence-corrected chi connectivity index (χ4v) is 3.77. The smallest absolute Gasteiger partial charge is 0.307 e. The van der Waals surface area contributed by atoms with Crippen molar-refractivity contribution >= 4 is 46.6 Å². The van der Waals surface area contributed by atoms with Gasteiger partial charge >= 0.3 is 12.2 Å². The summed E-state index contributed by atoms with van der Waals surface area (Å²) in [6.07, 6.45) is -3.81. The summed E-state index contributed by atoms with van der Waals surface area (Å²) in [6, 6.07) is 5.45. The molecule has 0 aliphatic carbocycles. The first kappa shape index (κ1) is 22.9. The average Bonchev–Trinajstić information content (AvgIpc) is 3.06. The highest BCUT2D eigenvalue weighted by Gasteiger charge is 2.32. The lowest BCUT2D eigenvalue weighted by molar-refractivity contribution is -0.137. The molecule has 7 nitrogen and oxygen atoms in total. The van der Waals surface area contributed by atoms with E-state index in [2.05, 4.69) is 20.8 Å². The van der Waals surface area contributed by atoms with Crippen molar-refractivity contribution in [2.75, 3.05) is 5.32 Å². The summed E-state index contributed by atoms with van der Waals surface area (Å²) >= 11 is 6.72. The Morgan fingerprint density at radius 3 is 2.55 bits per heavy atom. The predicted molar refractivity (Wildman–Crippen MR) is 111 cm³/mol. The molecule has 164 valence electrons. The number of pyridine rings is 1. The molecule has 0 fully saturated rings. The van der Waals surface area contributed by atoms with E-state index in [0.29, 0.717) is 5.69 Å². The van der Waals surface area contributed by atoms with Crippen LogP contribution in [0.15, 0.2) is 35.6 Å². The molecule has 0 radical (unpaired) electrons. The van der Waals surface area contributed by atoms with Crippen LogP contribution in [0.5, 0.6) is 0 Å². The van der Waals surface area contributed by atoms with Crippen molar-refractivity contribution in [2.45, 2.75) is 37.4 Å². The number of fused-ring (bicyclic) bond motifs is 1. The number of nitrogens with zero attached hydrogens (tertiary/aromatic N) is 3. The third-order valence-electron chi connectivity index (χ3n) is 4.27. The van der Waals surface area contributed by atoms with Gasteiger partial charge in [0, 0.05) is 11.9 Å². The molecule has 3 rings (SSSR count). The lowest BCUT2D eigenvalue weighted by atomic mass is 10.1. The summed E-state index contributed by atoms with van der Waals surface area (Å²) in [5.74, 6) is -0.651. The summed E-state index contributed by atoms with van der Waals surface area (Å²) < 4.78 is 40.3. The second-order valence-corrected chi connectivity index (χ2v) is 8.49. The van der Waals surface area contributed by atoms with Crippen LogP contribution in [0, 0.1) is 13.8 Å². The van der Waals surface area contributed by atoms with Gasteiger partial charge in [-0.3, -0.25) is 14.5 Å². The van der Waals surface area contributed by atoms with E-state index in [1.165, 1.54) is 6.92 Å². The lowest BCUT2D eigenvalue weighted by Gasteiger charge is -2.13. The van der Waals surface area contributed by atoms with Gasteiger partial charge in [-0.2, -0.15) is 13.2 Å². The fraction of sp³-hybridized carbons (Fsp3) is 0.263. The molecule has 1 unspecified atom stereocenters. The normalized spacial score (nSPS) is 12.6. The van der Waals surface area contributed by atoms with E-state index in [0.717, 1.165) is 39.6 Å². The molecule has 2 aromatic heterocycles. The van der Waals surface area contributed by atoms with Gasteiger partial charge in [-0.05, 0) is 38.5 Å². The van der Waals surface area contributed by atoms with E-state index in [9.17, 15) is 22.8 Å². The number of benzene rings is 1. The van der Waals surface area contributed by atoms with Crippen molar-refractivity contribution < 1.29 is 22.8 Å². The molecule has 0 saturated carbocycles. The molecule has 0 spiro atoms. The first-order valence-corrected chi connectivity index (χ1v) is 10.2. The van der Waals surface area contributed by atoms with Crippen LogP contribution in [0.3, 0.4) is 0 Å². The maximum atomic E-state index is 13.1. The van der Waals surface area contributed by atoms with E-state index >= 15 is 0 Å². The van der Waals surface area contributed by atoms with Crippen molar-refractivity contribution in [1.29, 1.82) is 0 Å². The van der Waals surface area contributed by atoms with Gasteiger partial charge in [0.15, 0.2) is 10.8 Å². The van der Waals surface area contributed by atoms with E-state index in [-0.39, 0.29) is 15.8 Å². The van der Waals surface area contributed by atoms with Crippen LogP contribution in [0.2, 0.25) is 5.02 Å². The van der Waals surface area contributed by atoms with Gasteiger partial charge in [0.2, 0.25) is 5.91 Å². The topological polar surface area (TPSA) is 88.4 Å².